The lowest BCUT2D eigenvalue weighted by atomic mass is 9.79. The third-order valence-corrected chi connectivity index (χ3v) is 7.00. The summed E-state index contributed by atoms with van der Waals surface area (Å²) in [5.74, 6) is 1.51. The van der Waals surface area contributed by atoms with E-state index in [0.717, 1.165) is 53.9 Å². The molecular weight excluding hydrogens is 506 g/mol. The van der Waals surface area contributed by atoms with E-state index in [2.05, 4.69) is 22.2 Å². The highest BCUT2D eigenvalue weighted by atomic mass is 16.5. The van der Waals surface area contributed by atoms with Crippen molar-refractivity contribution in [1.29, 1.82) is 0 Å². The number of aliphatic hydroxyl groups excluding tert-OH is 1. The normalized spacial score (nSPS) is 12.8. The van der Waals surface area contributed by atoms with Crippen molar-refractivity contribution in [1.82, 2.24) is 0 Å². The molecule has 0 aliphatic rings. The van der Waals surface area contributed by atoms with E-state index in [1.807, 2.05) is 73.7 Å². The van der Waals surface area contributed by atoms with Gasteiger partial charge in [-0.15, -0.1) is 0 Å². The van der Waals surface area contributed by atoms with Crippen molar-refractivity contribution in [3.05, 3.63) is 106 Å². The lowest BCUT2D eigenvalue weighted by molar-refractivity contribution is -0.0826. The van der Waals surface area contributed by atoms with Gasteiger partial charge in [-0.05, 0) is 59.3 Å². The summed E-state index contributed by atoms with van der Waals surface area (Å²) in [6.45, 7) is 3.63. The van der Waals surface area contributed by atoms with Gasteiger partial charge in [0, 0.05) is 23.5 Å². The highest BCUT2D eigenvalue weighted by Gasteiger charge is 2.40. The SMILES string of the molecule is COc1ccc(C(OCC(C)(CO)COCCCCCCN=[N+]=[N-])(c2ccccc2)c2ccc(OC)cc2)cc1. The molecule has 0 fully saturated rings. The van der Waals surface area contributed by atoms with Crippen molar-refractivity contribution in [2.45, 2.75) is 38.2 Å². The van der Waals surface area contributed by atoms with Crippen LogP contribution in [0.25, 0.3) is 10.4 Å². The number of unbranched alkanes of at least 4 members (excludes halogenated alkanes) is 3. The van der Waals surface area contributed by atoms with Gasteiger partial charge >= 0.3 is 0 Å². The van der Waals surface area contributed by atoms with Crippen LogP contribution in [0.3, 0.4) is 0 Å². The van der Waals surface area contributed by atoms with E-state index >= 15 is 0 Å². The Labute approximate surface area is 237 Å². The first kappa shape index (κ1) is 31.0. The molecule has 0 aromatic heterocycles. The maximum absolute atomic E-state index is 10.4. The number of hydrogen-bond acceptors (Lipinski definition) is 6. The predicted octanol–water partition coefficient (Wildman–Crippen LogP) is 6.90. The monoisotopic (exact) mass is 547 g/mol. The van der Waals surface area contributed by atoms with Gasteiger partial charge in [-0.3, -0.25) is 0 Å². The van der Waals surface area contributed by atoms with Crippen molar-refractivity contribution in [3.63, 3.8) is 0 Å². The summed E-state index contributed by atoms with van der Waals surface area (Å²) in [4.78, 5) is 2.78. The Bertz CT molecular complexity index is 1130. The van der Waals surface area contributed by atoms with Gasteiger partial charge < -0.3 is 24.1 Å². The summed E-state index contributed by atoms with van der Waals surface area (Å²) in [6, 6.07) is 25.9. The number of rotatable bonds is 18. The zero-order chi connectivity index (χ0) is 28.7. The molecule has 3 aromatic rings. The van der Waals surface area contributed by atoms with Crippen molar-refractivity contribution < 1.29 is 24.1 Å². The predicted molar refractivity (Wildman–Crippen MR) is 157 cm³/mol. The molecular formula is C32H41N3O5. The molecule has 214 valence electrons. The van der Waals surface area contributed by atoms with Gasteiger partial charge in [-0.25, -0.2) is 0 Å². The molecule has 0 amide bonds. The molecule has 0 saturated heterocycles. The maximum Gasteiger partial charge on any atom is 0.143 e. The second-order valence-corrected chi connectivity index (χ2v) is 10.2. The van der Waals surface area contributed by atoms with Gasteiger partial charge in [0.25, 0.3) is 0 Å². The van der Waals surface area contributed by atoms with Crippen LogP contribution in [0.1, 0.15) is 49.3 Å². The summed E-state index contributed by atoms with van der Waals surface area (Å²) in [5.41, 5.74) is 9.62. The summed E-state index contributed by atoms with van der Waals surface area (Å²) in [7, 11) is 3.30. The standard InChI is InChI=1S/C32H41N3O5/c1-31(23-36,24-39-22-10-5-4-9-21-34-35-33)25-40-32(26-11-7-6-8-12-26,27-13-17-29(37-2)18-14-27)28-15-19-30(38-3)20-16-28/h6-8,11-20,36H,4-5,9-10,21-25H2,1-3H3. The number of nitrogens with zero attached hydrogens (tertiary/aromatic N) is 3. The molecule has 1 N–H and O–H groups in total. The zero-order valence-electron chi connectivity index (χ0n) is 23.8. The first-order chi connectivity index (χ1) is 19.5. The largest absolute Gasteiger partial charge is 0.497 e. The lowest BCUT2D eigenvalue weighted by Gasteiger charge is -2.39. The Morgan fingerprint density at radius 3 is 1.82 bits per heavy atom. The first-order valence-electron chi connectivity index (χ1n) is 13.7. The van der Waals surface area contributed by atoms with Crippen LogP contribution in [0.15, 0.2) is 84.0 Å². The fourth-order valence-electron chi connectivity index (χ4n) is 4.59. The smallest absolute Gasteiger partial charge is 0.143 e. The first-order valence-corrected chi connectivity index (χ1v) is 13.7. The average molecular weight is 548 g/mol. The van der Waals surface area contributed by atoms with E-state index in [-0.39, 0.29) is 13.2 Å². The van der Waals surface area contributed by atoms with Crippen LogP contribution < -0.4 is 9.47 Å². The van der Waals surface area contributed by atoms with Crippen LogP contribution in [0.5, 0.6) is 11.5 Å². The molecule has 0 aliphatic heterocycles. The van der Waals surface area contributed by atoms with Crippen LogP contribution in [0.2, 0.25) is 0 Å². The molecule has 1 unspecified atom stereocenters. The van der Waals surface area contributed by atoms with Gasteiger partial charge in [-0.2, -0.15) is 0 Å². The van der Waals surface area contributed by atoms with Crippen LogP contribution in [-0.4, -0.2) is 52.3 Å². The fraction of sp³-hybridized carbons (Fsp3) is 0.438. The van der Waals surface area contributed by atoms with Crippen LogP contribution >= 0.6 is 0 Å². The topological polar surface area (TPSA) is 106 Å². The molecule has 0 heterocycles. The van der Waals surface area contributed by atoms with Crippen LogP contribution in [0.4, 0.5) is 0 Å². The molecule has 0 bridgehead atoms. The number of aliphatic hydroxyl groups is 1. The van der Waals surface area contributed by atoms with Gasteiger partial charge in [0.1, 0.15) is 17.1 Å². The molecule has 3 aromatic carbocycles. The summed E-state index contributed by atoms with van der Waals surface area (Å²) in [5, 5.41) is 14.0. The molecule has 0 spiro atoms. The van der Waals surface area contributed by atoms with Crippen LogP contribution in [0, 0.1) is 5.41 Å². The van der Waals surface area contributed by atoms with Gasteiger partial charge in [-0.1, -0.05) is 79.5 Å². The number of ether oxygens (including phenoxy) is 4. The van der Waals surface area contributed by atoms with Crippen molar-refractivity contribution in [3.8, 4) is 11.5 Å². The van der Waals surface area contributed by atoms with E-state index in [1.54, 1.807) is 14.2 Å². The molecule has 0 radical (unpaired) electrons. The minimum absolute atomic E-state index is 0.0880. The minimum Gasteiger partial charge on any atom is -0.497 e. The highest BCUT2D eigenvalue weighted by Crippen LogP contribution is 2.42. The average Bonchev–Trinajstić information content (AvgIpc) is 3.01. The lowest BCUT2D eigenvalue weighted by Crippen LogP contribution is -2.40. The Hall–Kier alpha value is -3.55. The third-order valence-electron chi connectivity index (χ3n) is 7.00. The Morgan fingerprint density at radius 2 is 1.30 bits per heavy atom. The fourth-order valence-corrected chi connectivity index (χ4v) is 4.59. The van der Waals surface area contributed by atoms with Crippen molar-refractivity contribution in [2.24, 2.45) is 10.5 Å². The van der Waals surface area contributed by atoms with Gasteiger partial charge in [0.15, 0.2) is 0 Å². The number of methoxy groups -OCH3 is 2. The highest BCUT2D eigenvalue weighted by molar-refractivity contribution is 5.49. The van der Waals surface area contributed by atoms with Gasteiger partial charge in [0.2, 0.25) is 0 Å². The minimum atomic E-state index is -0.956. The second-order valence-electron chi connectivity index (χ2n) is 10.2. The molecule has 0 aliphatic carbocycles. The molecule has 3 rings (SSSR count). The Balaban J connectivity index is 1.85. The quantitative estimate of drug-likeness (QED) is 0.0613. The van der Waals surface area contributed by atoms with Crippen LogP contribution in [-0.2, 0) is 15.1 Å². The van der Waals surface area contributed by atoms with E-state index in [0.29, 0.717) is 19.8 Å². The summed E-state index contributed by atoms with van der Waals surface area (Å²) >= 11 is 0. The van der Waals surface area contributed by atoms with Crippen molar-refractivity contribution >= 4 is 0 Å². The number of benzene rings is 3. The van der Waals surface area contributed by atoms with E-state index in [9.17, 15) is 5.11 Å². The zero-order valence-corrected chi connectivity index (χ0v) is 23.8. The van der Waals surface area contributed by atoms with Crippen molar-refractivity contribution in [2.75, 3.05) is 47.2 Å². The number of hydrogen-bond donors (Lipinski definition) is 1. The maximum atomic E-state index is 10.4. The third kappa shape index (κ3) is 8.23. The summed E-state index contributed by atoms with van der Waals surface area (Å²) in [6.07, 6.45) is 3.78. The molecule has 8 heteroatoms. The van der Waals surface area contributed by atoms with Gasteiger partial charge in [0.05, 0.1) is 34.0 Å². The van der Waals surface area contributed by atoms with E-state index < -0.39 is 11.0 Å². The van der Waals surface area contributed by atoms with E-state index in [1.165, 1.54) is 0 Å². The Morgan fingerprint density at radius 1 is 0.750 bits per heavy atom. The molecule has 40 heavy (non-hydrogen) atoms. The molecule has 8 nitrogen and oxygen atoms in total. The summed E-state index contributed by atoms with van der Waals surface area (Å²) < 4.78 is 23.8. The second kappa shape index (κ2) is 15.9. The Kier molecular flexibility index (Phi) is 12.3. The van der Waals surface area contributed by atoms with E-state index in [4.69, 9.17) is 24.5 Å². The number of azide groups is 1. The molecule has 0 saturated carbocycles. The molecule has 1 atom stereocenters.